The summed E-state index contributed by atoms with van der Waals surface area (Å²) >= 11 is 0. The Labute approximate surface area is 110 Å². The van der Waals surface area contributed by atoms with Crippen LogP contribution in [0.1, 0.15) is 16.9 Å². The van der Waals surface area contributed by atoms with Crippen molar-refractivity contribution in [3.63, 3.8) is 0 Å². The monoisotopic (exact) mass is 265 g/mol. The zero-order valence-electron chi connectivity index (χ0n) is 10.6. The molecule has 0 bridgehead atoms. The number of ether oxygens (including phenoxy) is 2. The van der Waals surface area contributed by atoms with Gasteiger partial charge in [-0.1, -0.05) is 0 Å². The molecule has 1 aliphatic heterocycles. The number of aromatic nitrogens is 2. The summed E-state index contributed by atoms with van der Waals surface area (Å²) in [6.45, 7) is 1.23. The van der Waals surface area contributed by atoms with Gasteiger partial charge < -0.3 is 14.4 Å². The van der Waals surface area contributed by atoms with Gasteiger partial charge in [0.25, 0.3) is 5.91 Å². The molecule has 0 spiro atoms. The molecular weight excluding hydrogens is 250 g/mol. The summed E-state index contributed by atoms with van der Waals surface area (Å²) in [6.07, 6.45) is 4.21. The molecule has 2 heterocycles. The second kappa shape index (κ2) is 6.24. The van der Waals surface area contributed by atoms with Crippen LogP contribution in [0, 0.1) is 0 Å². The molecule has 1 aromatic heterocycles. The van der Waals surface area contributed by atoms with Crippen molar-refractivity contribution >= 4 is 11.9 Å². The molecule has 0 aliphatic carbocycles. The van der Waals surface area contributed by atoms with Gasteiger partial charge in [0.15, 0.2) is 0 Å². The summed E-state index contributed by atoms with van der Waals surface area (Å²) in [5, 5.41) is 0. The van der Waals surface area contributed by atoms with E-state index in [4.69, 9.17) is 4.74 Å². The van der Waals surface area contributed by atoms with Crippen molar-refractivity contribution in [3.05, 3.63) is 24.3 Å². The van der Waals surface area contributed by atoms with Crippen molar-refractivity contribution in [2.45, 2.75) is 12.5 Å². The molecule has 7 heteroatoms. The summed E-state index contributed by atoms with van der Waals surface area (Å²) < 4.78 is 10.0. The molecule has 1 aliphatic rings. The van der Waals surface area contributed by atoms with E-state index in [0.29, 0.717) is 25.4 Å². The maximum absolute atomic E-state index is 12.2. The van der Waals surface area contributed by atoms with Crippen molar-refractivity contribution in [1.82, 2.24) is 14.9 Å². The van der Waals surface area contributed by atoms with Crippen LogP contribution in [0.3, 0.4) is 0 Å². The smallest absolute Gasteiger partial charge is 0.308 e. The molecule has 19 heavy (non-hydrogen) atoms. The van der Waals surface area contributed by atoms with Crippen LogP contribution in [0.2, 0.25) is 0 Å². The molecule has 1 aromatic rings. The highest BCUT2D eigenvalue weighted by Gasteiger charge is 2.27. The lowest BCUT2D eigenvalue weighted by atomic mass is 10.2. The van der Waals surface area contributed by atoms with E-state index >= 15 is 0 Å². The summed E-state index contributed by atoms with van der Waals surface area (Å²) in [4.78, 5) is 32.8. The van der Waals surface area contributed by atoms with Gasteiger partial charge in [-0.2, -0.15) is 0 Å². The quantitative estimate of drug-likeness (QED) is 0.709. The fourth-order valence-corrected chi connectivity index (χ4v) is 1.87. The first-order chi connectivity index (χ1) is 9.20. The number of hydrogen-bond acceptors (Lipinski definition) is 6. The second-order valence-electron chi connectivity index (χ2n) is 4.11. The van der Waals surface area contributed by atoms with Crippen LogP contribution in [0.15, 0.2) is 18.6 Å². The molecule has 7 nitrogen and oxygen atoms in total. The van der Waals surface area contributed by atoms with Crippen molar-refractivity contribution < 1.29 is 19.1 Å². The second-order valence-corrected chi connectivity index (χ2v) is 4.11. The number of methoxy groups -OCH3 is 1. The van der Waals surface area contributed by atoms with Gasteiger partial charge in [-0.25, -0.2) is 4.98 Å². The molecule has 0 radical (unpaired) electrons. The van der Waals surface area contributed by atoms with Crippen LogP contribution in [0.5, 0.6) is 0 Å². The normalized spacial score (nSPS) is 19.0. The van der Waals surface area contributed by atoms with E-state index in [2.05, 4.69) is 14.7 Å². The fourth-order valence-electron chi connectivity index (χ4n) is 1.87. The predicted octanol–water partition coefficient (Wildman–Crippen LogP) is -0.119. The first-order valence-electron chi connectivity index (χ1n) is 5.94. The summed E-state index contributed by atoms with van der Waals surface area (Å²) in [5.74, 6) is -0.551. The minimum absolute atomic E-state index is 0.140. The number of morpholine rings is 1. The fraction of sp³-hybridized carbons (Fsp3) is 0.500. The molecule has 0 saturated carbocycles. The lowest BCUT2D eigenvalue weighted by Gasteiger charge is -2.32. The molecule has 1 saturated heterocycles. The van der Waals surface area contributed by atoms with Crippen LogP contribution in [0.4, 0.5) is 0 Å². The highest BCUT2D eigenvalue weighted by atomic mass is 16.5. The van der Waals surface area contributed by atoms with Crippen molar-refractivity contribution in [2.24, 2.45) is 0 Å². The molecule has 102 valence electrons. The third-order valence-electron chi connectivity index (χ3n) is 2.83. The number of esters is 1. The van der Waals surface area contributed by atoms with Crippen LogP contribution in [0.25, 0.3) is 0 Å². The molecule has 1 amide bonds. The first-order valence-corrected chi connectivity index (χ1v) is 5.94. The largest absolute Gasteiger partial charge is 0.469 e. The van der Waals surface area contributed by atoms with E-state index in [1.54, 1.807) is 4.90 Å². The minimum atomic E-state index is -0.348. The van der Waals surface area contributed by atoms with Crippen LogP contribution in [-0.4, -0.2) is 59.7 Å². The van der Waals surface area contributed by atoms with Gasteiger partial charge in [-0.15, -0.1) is 0 Å². The van der Waals surface area contributed by atoms with E-state index in [-0.39, 0.29) is 24.4 Å². The third kappa shape index (κ3) is 3.47. The summed E-state index contributed by atoms with van der Waals surface area (Å²) in [5.41, 5.74) is 0.293. The van der Waals surface area contributed by atoms with Gasteiger partial charge in [0, 0.05) is 25.5 Å². The summed E-state index contributed by atoms with van der Waals surface area (Å²) in [7, 11) is 1.33. The predicted molar refractivity (Wildman–Crippen MR) is 64.3 cm³/mol. The number of nitrogens with zero attached hydrogens (tertiary/aromatic N) is 3. The van der Waals surface area contributed by atoms with E-state index in [0.717, 1.165) is 0 Å². The van der Waals surface area contributed by atoms with E-state index < -0.39 is 0 Å². The maximum Gasteiger partial charge on any atom is 0.308 e. The van der Waals surface area contributed by atoms with Gasteiger partial charge >= 0.3 is 5.97 Å². The third-order valence-corrected chi connectivity index (χ3v) is 2.83. The Bertz CT molecular complexity index is 452. The topological polar surface area (TPSA) is 81.6 Å². The summed E-state index contributed by atoms with van der Waals surface area (Å²) in [6, 6.07) is 0. The first kappa shape index (κ1) is 13.4. The lowest BCUT2D eigenvalue weighted by Crippen LogP contribution is -2.46. The van der Waals surface area contributed by atoms with E-state index in [9.17, 15) is 9.59 Å². The van der Waals surface area contributed by atoms with Gasteiger partial charge in [0.1, 0.15) is 5.69 Å². The van der Waals surface area contributed by atoms with E-state index in [1.807, 2.05) is 0 Å². The average molecular weight is 265 g/mol. The van der Waals surface area contributed by atoms with Crippen LogP contribution < -0.4 is 0 Å². The molecule has 1 atom stereocenters. The number of carbonyl (C=O) groups is 2. The zero-order chi connectivity index (χ0) is 13.7. The number of amides is 1. The molecule has 0 N–H and O–H groups in total. The molecular formula is C12H15N3O4. The number of carbonyl (C=O) groups excluding carboxylic acids is 2. The average Bonchev–Trinajstić information content (AvgIpc) is 2.47. The SMILES string of the molecule is COC(=O)CC1CN(C(=O)c2cnccn2)CCO1. The Hall–Kier alpha value is -2.02. The maximum atomic E-state index is 12.2. The molecule has 0 aromatic carbocycles. The zero-order valence-corrected chi connectivity index (χ0v) is 10.6. The van der Waals surface area contributed by atoms with Gasteiger partial charge in [0.05, 0.1) is 32.4 Å². The standard InChI is InChI=1S/C12H15N3O4/c1-18-11(16)6-9-8-15(4-5-19-9)12(17)10-7-13-2-3-14-10/h2-3,7,9H,4-6,8H2,1H3. The highest BCUT2D eigenvalue weighted by molar-refractivity contribution is 5.92. The Kier molecular flexibility index (Phi) is 4.40. The Morgan fingerprint density at radius 2 is 2.37 bits per heavy atom. The van der Waals surface area contributed by atoms with E-state index in [1.165, 1.54) is 25.7 Å². The molecule has 2 rings (SSSR count). The minimum Gasteiger partial charge on any atom is -0.469 e. The van der Waals surface area contributed by atoms with Crippen LogP contribution >= 0.6 is 0 Å². The van der Waals surface area contributed by atoms with Crippen molar-refractivity contribution in [3.8, 4) is 0 Å². The number of rotatable bonds is 3. The lowest BCUT2D eigenvalue weighted by molar-refractivity contribution is -0.145. The molecule has 1 fully saturated rings. The van der Waals surface area contributed by atoms with Crippen LogP contribution in [-0.2, 0) is 14.3 Å². The van der Waals surface area contributed by atoms with Crippen molar-refractivity contribution in [1.29, 1.82) is 0 Å². The Morgan fingerprint density at radius 3 is 3.05 bits per heavy atom. The molecule has 1 unspecified atom stereocenters. The van der Waals surface area contributed by atoms with Gasteiger partial charge in [-0.05, 0) is 0 Å². The Balaban J connectivity index is 1.97. The number of hydrogen-bond donors (Lipinski definition) is 0. The highest BCUT2D eigenvalue weighted by Crippen LogP contribution is 2.11. The van der Waals surface area contributed by atoms with Gasteiger partial charge in [-0.3, -0.25) is 14.6 Å². The van der Waals surface area contributed by atoms with Crippen molar-refractivity contribution in [2.75, 3.05) is 26.8 Å². The Morgan fingerprint density at radius 1 is 1.53 bits per heavy atom. The van der Waals surface area contributed by atoms with Gasteiger partial charge in [0.2, 0.25) is 0 Å².